The summed E-state index contributed by atoms with van der Waals surface area (Å²) in [6, 6.07) is 1.56. The molecule has 2 heterocycles. The second-order valence-corrected chi connectivity index (χ2v) is 5.59. The maximum atomic E-state index is 11.9. The van der Waals surface area contributed by atoms with Crippen LogP contribution in [0.1, 0.15) is 18.4 Å². The molecule has 8 heteroatoms. The van der Waals surface area contributed by atoms with Crippen molar-refractivity contribution in [3.63, 3.8) is 0 Å². The van der Waals surface area contributed by atoms with Crippen molar-refractivity contribution in [2.75, 3.05) is 30.9 Å². The Morgan fingerprint density at radius 3 is 2.85 bits per heavy atom. The average molecular weight is 294 g/mol. The van der Waals surface area contributed by atoms with Gasteiger partial charge in [-0.25, -0.2) is 4.68 Å². The maximum Gasteiger partial charge on any atom is 0.269 e. The lowest BCUT2D eigenvalue weighted by molar-refractivity contribution is 0.631. The van der Waals surface area contributed by atoms with Crippen LogP contribution in [0.5, 0.6) is 0 Å². The second kappa shape index (κ2) is 6.47. The number of nitrogens with one attached hydrogen (secondary N) is 1. The molecule has 2 aromatic heterocycles. The largest absolute Gasteiger partial charge is 0.376 e. The molecule has 0 aromatic carbocycles. The van der Waals surface area contributed by atoms with E-state index in [1.54, 1.807) is 12.3 Å². The van der Waals surface area contributed by atoms with E-state index in [-0.39, 0.29) is 5.56 Å². The number of anilines is 2. The molecule has 20 heavy (non-hydrogen) atoms. The van der Waals surface area contributed by atoms with E-state index in [0.717, 1.165) is 28.8 Å². The minimum absolute atomic E-state index is 0.144. The number of hydrogen-bond acceptors (Lipinski definition) is 7. The first-order valence-electron chi connectivity index (χ1n) is 6.41. The molecule has 0 saturated heterocycles. The third-order valence-electron chi connectivity index (χ3n) is 2.65. The summed E-state index contributed by atoms with van der Waals surface area (Å²) < 4.78 is 1.39. The topological polar surface area (TPSA) is 75.9 Å². The molecule has 0 saturated carbocycles. The van der Waals surface area contributed by atoms with Crippen LogP contribution in [0.3, 0.4) is 0 Å². The summed E-state index contributed by atoms with van der Waals surface area (Å²) in [6.45, 7) is 3.30. The van der Waals surface area contributed by atoms with Gasteiger partial charge >= 0.3 is 0 Å². The van der Waals surface area contributed by atoms with Crippen LogP contribution < -0.4 is 15.8 Å². The molecule has 0 radical (unpaired) electrons. The summed E-state index contributed by atoms with van der Waals surface area (Å²) in [6.07, 6.45) is 2.70. The van der Waals surface area contributed by atoms with E-state index >= 15 is 0 Å². The lowest BCUT2D eigenvalue weighted by Gasteiger charge is -2.11. The fourth-order valence-electron chi connectivity index (χ4n) is 1.54. The number of hydrogen-bond donors (Lipinski definition) is 1. The van der Waals surface area contributed by atoms with Gasteiger partial charge < -0.3 is 10.2 Å². The molecule has 1 N–H and O–H groups in total. The highest BCUT2D eigenvalue weighted by Gasteiger charge is 2.07. The van der Waals surface area contributed by atoms with E-state index in [2.05, 4.69) is 27.5 Å². The van der Waals surface area contributed by atoms with Crippen LogP contribution in [0.2, 0.25) is 0 Å². The third-order valence-corrected chi connectivity index (χ3v) is 3.52. The minimum Gasteiger partial charge on any atom is -0.376 e. The van der Waals surface area contributed by atoms with Gasteiger partial charge in [-0.2, -0.15) is 5.10 Å². The monoisotopic (exact) mass is 294 g/mol. The van der Waals surface area contributed by atoms with Crippen LogP contribution in [0.15, 0.2) is 17.1 Å². The molecule has 2 aromatic rings. The number of nitrogens with zero attached hydrogens (tertiary/aromatic N) is 5. The zero-order valence-corrected chi connectivity index (χ0v) is 12.6. The molecular weight excluding hydrogens is 276 g/mol. The standard InChI is InChI=1S/C12H18N6OS/c1-4-5-13-12-16-15-10(20-12)8-18-11(19)6-9(7-14-18)17(2)3/h6-7H,4-5,8H2,1-3H3,(H,13,16). The Labute approximate surface area is 121 Å². The highest BCUT2D eigenvalue weighted by atomic mass is 32.1. The lowest BCUT2D eigenvalue weighted by atomic mass is 10.4. The van der Waals surface area contributed by atoms with Crippen LogP contribution >= 0.6 is 11.3 Å². The van der Waals surface area contributed by atoms with Gasteiger partial charge in [-0.05, 0) is 6.42 Å². The first kappa shape index (κ1) is 14.4. The quantitative estimate of drug-likeness (QED) is 0.857. The van der Waals surface area contributed by atoms with E-state index < -0.39 is 0 Å². The van der Waals surface area contributed by atoms with Gasteiger partial charge in [0.05, 0.1) is 18.4 Å². The molecule has 108 valence electrons. The van der Waals surface area contributed by atoms with Crippen molar-refractivity contribution in [3.8, 4) is 0 Å². The summed E-state index contributed by atoms with van der Waals surface area (Å²) in [5.41, 5.74) is 0.642. The molecule has 0 aliphatic carbocycles. The molecule has 0 amide bonds. The fourth-order valence-corrected chi connectivity index (χ4v) is 2.28. The van der Waals surface area contributed by atoms with E-state index in [0.29, 0.717) is 6.54 Å². The lowest BCUT2D eigenvalue weighted by Crippen LogP contribution is -2.24. The molecule has 0 fully saturated rings. The van der Waals surface area contributed by atoms with Gasteiger partial charge in [0.15, 0.2) is 0 Å². The Morgan fingerprint density at radius 1 is 1.40 bits per heavy atom. The summed E-state index contributed by atoms with van der Waals surface area (Å²) in [7, 11) is 3.74. The second-order valence-electron chi connectivity index (χ2n) is 4.53. The molecule has 2 rings (SSSR count). The molecule has 0 spiro atoms. The Bertz CT molecular complexity index is 620. The molecule has 0 unspecified atom stereocenters. The van der Waals surface area contributed by atoms with Gasteiger partial charge in [0, 0.05) is 26.7 Å². The van der Waals surface area contributed by atoms with E-state index in [1.807, 2.05) is 19.0 Å². The van der Waals surface area contributed by atoms with Crippen LogP contribution in [-0.4, -0.2) is 40.6 Å². The molecule has 0 aliphatic heterocycles. The molecular formula is C12H18N6OS. The van der Waals surface area contributed by atoms with Crippen molar-refractivity contribution in [1.82, 2.24) is 20.0 Å². The van der Waals surface area contributed by atoms with Gasteiger partial charge in [0.2, 0.25) is 5.13 Å². The average Bonchev–Trinajstić information content (AvgIpc) is 2.86. The third kappa shape index (κ3) is 3.53. The van der Waals surface area contributed by atoms with E-state index in [1.165, 1.54) is 16.0 Å². The van der Waals surface area contributed by atoms with Crippen LogP contribution in [0, 0.1) is 0 Å². The van der Waals surface area contributed by atoms with Crippen LogP contribution in [0.25, 0.3) is 0 Å². The smallest absolute Gasteiger partial charge is 0.269 e. The summed E-state index contributed by atoms with van der Waals surface area (Å²) in [5.74, 6) is 0. The molecule has 0 atom stereocenters. The van der Waals surface area contributed by atoms with Gasteiger partial charge in [-0.3, -0.25) is 4.79 Å². The summed E-state index contributed by atoms with van der Waals surface area (Å²) in [5, 5.41) is 16.9. The van der Waals surface area contributed by atoms with Crippen molar-refractivity contribution in [1.29, 1.82) is 0 Å². The van der Waals surface area contributed by atoms with E-state index in [9.17, 15) is 4.79 Å². The number of aromatic nitrogens is 4. The van der Waals surface area contributed by atoms with Gasteiger partial charge in [0.1, 0.15) is 5.01 Å². The Kier molecular flexibility index (Phi) is 4.67. The number of rotatable bonds is 6. The SMILES string of the molecule is CCCNc1nnc(Cn2ncc(N(C)C)cc2=O)s1. The van der Waals surface area contributed by atoms with Gasteiger partial charge in [-0.1, -0.05) is 18.3 Å². The fraction of sp³-hybridized carbons (Fsp3) is 0.500. The molecule has 7 nitrogen and oxygen atoms in total. The van der Waals surface area contributed by atoms with Crippen molar-refractivity contribution in [2.45, 2.75) is 19.9 Å². The first-order chi connectivity index (χ1) is 9.60. The summed E-state index contributed by atoms with van der Waals surface area (Å²) >= 11 is 1.44. The predicted octanol–water partition coefficient (Wildman–Crippen LogP) is 1.03. The zero-order valence-electron chi connectivity index (χ0n) is 11.8. The molecule has 0 aliphatic rings. The Hall–Kier alpha value is -1.96. The molecule has 0 bridgehead atoms. The normalized spacial score (nSPS) is 10.6. The van der Waals surface area contributed by atoms with Crippen LogP contribution in [0.4, 0.5) is 10.8 Å². The van der Waals surface area contributed by atoms with Gasteiger partial charge in [0.25, 0.3) is 5.56 Å². The zero-order chi connectivity index (χ0) is 14.5. The van der Waals surface area contributed by atoms with Crippen molar-refractivity contribution in [3.05, 3.63) is 27.6 Å². The van der Waals surface area contributed by atoms with Crippen molar-refractivity contribution >= 4 is 22.2 Å². The predicted molar refractivity (Wildman–Crippen MR) is 80.6 cm³/mol. The van der Waals surface area contributed by atoms with E-state index in [4.69, 9.17) is 0 Å². The van der Waals surface area contributed by atoms with Crippen molar-refractivity contribution in [2.24, 2.45) is 0 Å². The summed E-state index contributed by atoms with van der Waals surface area (Å²) in [4.78, 5) is 13.8. The highest BCUT2D eigenvalue weighted by Crippen LogP contribution is 2.15. The first-order valence-corrected chi connectivity index (χ1v) is 7.22. The maximum absolute atomic E-state index is 11.9. The van der Waals surface area contributed by atoms with Crippen molar-refractivity contribution < 1.29 is 0 Å². The Morgan fingerprint density at radius 2 is 2.20 bits per heavy atom. The highest BCUT2D eigenvalue weighted by molar-refractivity contribution is 7.15. The Balaban J connectivity index is 2.10. The van der Waals surface area contributed by atoms with Crippen LogP contribution in [-0.2, 0) is 6.54 Å². The minimum atomic E-state index is -0.144. The van der Waals surface area contributed by atoms with Gasteiger partial charge in [-0.15, -0.1) is 10.2 Å².